The monoisotopic (exact) mass is 306 g/mol. The molecular weight excluding hydrogens is 292 g/mol. The number of fused-ring (bicyclic) bond motifs is 1. The Balaban J connectivity index is 1.78. The third-order valence-electron chi connectivity index (χ3n) is 3.38. The molecule has 0 saturated heterocycles. The Kier molecular flexibility index (Phi) is 2.90. The van der Waals surface area contributed by atoms with Gasteiger partial charge in [-0.2, -0.15) is 5.10 Å². The van der Waals surface area contributed by atoms with Gasteiger partial charge in [-0.05, 0) is 41.4 Å². The van der Waals surface area contributed by atoms with Gasteiger partial charge in [0.2, 0.25) is 0 Å². The average Bonchev–Trinajstić information content (AvgIpc) is 2.87. The van der Waals surface area contributed by atoms with Crippen LogP contribution < -0.4 is 4.74 Å². The highest BCUT2D eigenvalue weighted by atomic mass is 79.9. The molecule has 0 N–H and O–H groups in total. The SMILES string of the molecule is Cc1nn(CC2Cc3ccccc3O2)c(C)c1Br. The van der Waals surface area contributed by atoms with Gasteiger partial charge < -0.3 is 4.74 Å². The summed E-state index contributed by atoms with van der Waals surface area (Å²) in [7, 11) is 0. The first-order chi connectivity index (χ1) is 8.65. The van der Waals surface area contributed by atoms with Gasteiger partial charge in [0.1, 0.15) is 11.9 Å². The molecule has 1 unspecified atom stereocenters. The second-order valence-electron chi connectivity index (χ2n) is 4.72. The van der Waals surface area contributed by atoms with Crippen LogP contribution in [0.5, 0.6) is 5.75 Å². The van der Waals surface area contributed by atoms with E-state index >= 15 is 0 Å². The van der Waals surface area contributed by atoms with E-state index in [4.69, 9.17) is 4.74 Å². The van der Waals surface area contributed by atoms with E-state index in [1.807, 2.05) is 23.7 Å². The third kappa shape index (κ3) is 1.94. The lowest BCUT2D eigenvalue weighted by Gasteiger charge is -2.12. The molecule has 1 aliphatic rings. The van der Waals surface area contributed by atoms with Crippen molar-refractivity contribution in [2.45, 2.75) is 32.9 Å². The number of benzene rings is 1. The summed E-state index contributed by atoms with van der Waals surface area (Å²) in [5.41, 5.74) is 3.48. The molecule has 0 spiro atoms. The lowest BCUT2D eigenvalue weighted by molar-refractivity contribution is 0.202. The van der Waals surface area contributed by atoms with Crippen molar-refractivity contribution in [1.29, 1.82) is 0 Å². The second kappa shape index (κ2) is 4.43. The summed E-state index contributed by atoms with van der Waals surface area (Å²) >= 11 is 3.55. The summed E-state index contributed by atoms with van der Waals surface area (Å²) < 4.78 is 9.06. The maximum absolute atomic E-state index is 5.94. The number of rotatable bonds is 2. The zero-order valence-electron chi connectivity index (χ0n) is 10.5. The molecule has 0 aliphatic carbocycles. The van der Waals surface area contributed by atoms with Gasteiger partial charge in [-0.1, -0.05) is 18.2 Å². The Bertz CT molecular complexity index is 566. The molecule has 1 aromatic carbocycles. The highest BCUT2D eigenvalue weighted by Gasteiger charge is 2.24. The summed E-state index contributed by atoms with van der Waals surface area (Å²) in [6, 6.07) is 8.24. The van der Waals surface area contributed by atoms with E-state index in [0.29, 0.717) is 0 Å². The molecule has 3 nitrogen and oxygen atoms in total. The molecule has 2 heterocycles. The van der Waals surface area contributed by atoms with Crippen molar-refractivity contribution in [2.24, 2.45) is 0 Å². The number of halogens is 1. The average molecular weight is 307 g/mol. The van der Waals surface area contributed by atoms with Crippen molar-refractivity contribution in [3.05, 3.63) is 45.7 Å². The zero-order valence-corrected chi connectivity index (χ0v) is 12.1. The van der Waals surface area contributed by atoms with E-state index in [1.165, 1.54) is 5.56 Å². The van der Waals surface area contributed by atoms with Gasteiger partial charge in [-0.25, -0.2) is 0 Å². The minimum absolute atomic E-state index is 0.187. The lowest BCUT2D eigenvalue weighted by atomic mass is 10.1. The fraction of sp³-hybridized carbons (Fsp3) is 0.357. The quantitative estimate of drug-likeness (QED) is 0.851. The van der Waals surface area contributed by atoms with Crippen LogP contribution in [-0.4, -0.2) is 15.9 Å². The third-order valence-corrected chi connectivity index (χ3v) is 4.53. The zero-order chi connectivity index (χ0) is 12.7. The van der Waals surface area contributed by atoms with Crippen LogP contribution in [0.25, 0.3) is 0 Å². The highest BCUT2D eigenvalue weighted by Crippen LogP contribution is 2.29. The minimum Gasteiger partial charge on any atom is -0.488 e. The van der Waals surface area contributed by atoms with E-state index in [0.717, 1.165) is 34.6 Å². The molecule has 0 bridgehead atoms. The molecule has 94 valence electrons. The Morgan fingerprint density at radius 3 is 2.83 bits per heavy atom. The molecule has 3 rings (SSSR count). The molecule has 18 heavy (non-hydrogen) atoms. The predicted molar refractivity (Wildman–Crippen MR) is 74.0 cm³/mol. The van der Waals surface area contributed by atoms with E-state index in [-0.39, 0.29) is 6.10 Å². The Labute approximate surface area is 115 Å². The van der Waals surface area contributed by atoms with E-state index in [9.17, 15) is 0 Å². The van der Waals surface area contributed by atoms with Crippen LogP contribution in [0.1, 0.15) is 17.0 Å². The Hall–Kier alpha value is -1.29. The maximum Gasteiger partial charge on any atom is 0.123 e. The summed E-state index contributed by atoms with van der Waals surface area (Å²) in [6.45, 7) is 4.89. The molecule has 2 aromatic rings. The van der Waals surface area contributed by atoms with Crippen molar-refractivity contribution in [1.82, 2.24) is 9.78 Å². The van der Waals surface area contributed by atoms with Gasteiger partial charge >= 0.3 is 0 Å². The van der Waals surface area contributed by atoms with Gasteiger partial charge in [0, 0.05) is 12.1 Å². The topological polar surface area (TPSA) is 27.1 Å². The molecule has 1 aliphatic heterocycles. The number of ether oxygens (including phenoxy) is 1. The Morgan fingerprint density at radius 2 is 2.17 bits per heavy atom. The molecule has 0 amide bonds. The molecule has 1 atom stereocenters. The Morgan fingerprint density at radius 1 is 1.39 bits per heavy atom. The maximum atomic E-state index is 5.94. The number of aromatic nitrogens is 2. The molecule has 0 saturated carbocycles. The van der Waals surface area contributed by atoms with E-state index in [1.54, 1.807) is 0 Å². The summed E-state index contributed by atoms with van der Waals surface area (Å²) in [4.78, 5) is 0. The van der Waals surface area contributed by atoms with Crippen molar-refractivity contribution in [3.8, 4) is 5.75 Å². The second-order valence-corrected chi connectivity index (χ2v) is 5.51. The van der Waals surface area contributed by atoms with Gasteiger partial charge in [-0.15, -0.1) is 0 Å². The molecule has 1 aromatic heterocycles. The summed E-state index contributed by atoms with van der Waals surface area (Å²) in [5, 5.41) is 4.53. The van der Waals surface area contributed by atoms with Gasteiger partial charge in [0.05, 0.1) is 16.7 Å². The minimum atomic E-state index is 0.187. The fourth-order valence-electron chi connectivity index (χ4n) is 2.40. The van der Waals surface area contributed by atoms with Crippen LogP contribution in [-0.2, 0) is 13.0 Å². The predicted octanol–water partition coefficient (Wildman–Crippen LogP) is 3.27. The fourth-order valence-corrected chi connectivity index (χ4v) is 2.69. The number of aryl methyl sites for hydroxylation is 1. The van der Waals surface area contributed by atoms with Crippen LogP contribution in [0.2, 0.25) is 0 Å². The van der Waals surface area contributed by atoms with Crippen molar-refractivity contribution < 1.29 is 4.74 Å². The van der Waals surface area contributed by atoms with E-state index in [2.05, 4.69) is 40.1 Å². The number of nitrogens with zero attached hydrogens (tertiary/aromatic N) is 2. The number of para-hydroxylation sites is 1. The van der Waals surface area contributed by atoms with Crippen molar-refractivity contribution in [2.75, 3.05) is 0 Å². The molecule has 0 radical (unpaired) electrons. The molecule has 4 heteroatoms. The largest absolute Gasteiger partial charge is 0.488 e. The number of hydrogen-bond acceptors (Lipinski definition) is 2. The smallest absolute Gasteiger partial charge is 0.123 e. The highest BCUT2D eigenvalue weighted by molar-refractivity contribution is 9.10. The van der Waals surface area contributed by atoms with Gasteiger partial charge in [-0.3, -0.25) is 4.68 Å². The van der Waals surface area contributed by atoms with E-state index < -0.39 is 0 Å². The van der Waals surface area contributed by atoms with Crippen LogP contribution in [0.15, 0.2) is 28.7 Å². The van der Waals surface area contributed by atoms with Crippen molar-refractivity contribution in [3.63, 3.8) is 0 Å². The molecular formula is C14H15BrN2O. The standard InChI is InChI=1S/C14H15BrN2O/c1-9-14(15)10(2)17(16-9)8-12-7-11-5-3-4-6-13(11)18-12/h3-6,12H,7-8H2,1-2H3. The summed E-state index contributed by atoms with van der Waals surface area (Å²) in [6.07, 6.45) is 1.15. The van der Waals surface area contributed by atoms with Crippen LogP contribution in [0.4, 0.5) is 0 Å². The van der Waals surface area contributed by atoms with Crippen LogP contribution in [0, 0.1) is 13.8 Å². The lowest BCUT2D eigenvalue weighted by Crippen LogP contribution is -2.22. The molecule has 0 fully saturated rings. The van der Waals surface area contributed by atoms with Crippen molar-refractivity contribution >= 4 is 15.9 Å². The van der Waals surface area contributed by atoms with Gasteiger partial charge in [0.15, 0.2) is 0 Å². The first-order valence-electron chi connectivity index (χ1n) is 6.09. The van der Waals surface area contributed by atoms with Crippen LogP contribution in [0.3, 0.4) is 0 Å². The first kappa shape index (κ1) is 11.8. The first-order valence-corrected chi connectivity index (χ1v) is 6.88. The van der Waals surface area contributed by atoms with Crippen LogP contribution >= 0.6 is 15.9 Å². The normalized spacial score (nSPS) is 17.6. The summed E-state index contributed by atoms with van der Waals surface area (Å²) in [5.74, 6) is 1.02. The van der Waals surface area contributed by atoms with Gasteiger partial charge in [0.25, 0.3) is 0 Å². The number of hydrogen-bond donors (Lipinski definition) is 0.